The van der Waals surface area contributed by atoms with Crippen molar-refractivity contribution in [2.75, 3.05) is 32.1 Å². The second-order valence-corrected chi connectivity index (χ2v) is 11.4. The molecule has 2 aliphatic carbocycles. The molecule has 3 rings (SSSR count). The van der Waals surface area contributed by atoms with Crippen molar-refractivity contribution in [2.24, 2.45) is 5.41 Å². The van der Waals surface area contributed by atoms with E-state index in [2.05, 4.69) is 17.2 Å². The number of thioether (sulfide) groups is 1. The van der Waals surface area contributed by atoms with Crippen molar-refractivity contribution in [1.82, 2.24) is 5.09 Å². The van der Waals surface area contributed by atoms with Crippen LogP contribution in [0, 0.1) is 5.41 Å². The molecule has 0 radical (unpaired) electrons. The Kier molecular flexibility index (Phi) is 8.04. The number of hydrogen-bond acceptors (Lipinski definition) is 7. The van der Waals surface area contributed by atoms with Gasteiger partial charge in [0.25, 0.3) is 0 Å². The minimum Gasteiger partial charge on any atom is -0.489 e. The highest BCUT2D eigenvalue weighted by atomic mass is 32.2. The highest BCUT2D eigenvalue weighted by Crippen LogP contribution is 2.50. The molecule has 0 aromatic rings. The van der Waals surface area contributed by atoms with E-state index >= 15 is 0 Å². The van der Waals surface area contributed by atoms with Crippen LogP contribution in [0.5, 0.6) is 0 Å². The molecule has 1 aliphatic heterocycles. The van der Waals surface area contributed by atoms with Crippen LogP contribution in [0.25, 0.3) is 0 Å². The first-order valence-corrected chi connectivity index (χ1v) is 12.9. The fourth-order valence-corrected chi connectivity index (χ4v) is 5.20. The number of carbonyl (C=O) groups is 1. The molecule has 9 heteroatoms. The summed E-state index contributed by atoms with van der Waals surface area (Å²) in [6, 6.07) is 0. The van der Waals surface area contributed by atoms with Crippen LogP contribution in [0.2, 0.25) is 0 Å². The van der Waals surface area contributed by atoms with Gasteiger partial charge in [-0.05, 0) is 51.2 Å². The molecule has 7 nitrogen and oxygen atoms in total. The Morgan fingerprint density at radius 2 is 2.13 bits per heavy atom. The molecule has 1 heterocycles. The van der Waals surface area contributed by atoms with Crippen LogP contribution >= 0.6 is 19.5 Å². The van der Waals surface area contributed by atoms with Crippen LogP contribution < -0.4 is 5.09 Å². The Labute approximate surface area is 182 Å². The molecule has 30 heavy (non-hydrogen) atoms. The van der Waals surface area contributed by atoms with Crippen molar-refractivity contribution in [1.29, 1.82) is 0 Å². The lowest BCUT2D eigenvalue weighted by Gasteiger charge is -2.22. The second-order valence-electron chi connectivity index (χ2n) is 8.54. The van der Waals surface area contributed by atoms with E-state index in [-0.39, 0.29) is 30.5 Å². The molecule has 1 saturated carbocycles. The first-order chi connectivity index (χ1) is 14.3. The van der Waals surface area contributed by atoms with Crippen LogP contribution in [-0.2, 0) is 23.1 Å². The molecule has 0 aromatic heterocycles. The van der Waals surface area contributed by atoms with Gasteiger partial charge in [-0.25, -0.2) is 9.65 Å². The highest BCUT2D eigenvalue weighted by molar-refractivity contribution is 8.13. The van der Waals surface area contributed by atoms with Crippen LogP contribution in [0.3, 0.4) is 0 Å². The summed E-state index contributed by atoms with van der Waals surface area (Å²) in [7, 11) is -3.59. The lowest BCUT2D eigenvalue weighted by Crippen LogP contribution is -2.26. The number of allylic oxidation sites excluding steroid dienone is 2. The summed E-state index contributed by atoms with van der Waals surface area (Å²) in [6.45, 7) is 3.70. The molecule has 168 valence electrons. The van der Waals surface area contributed by atoms with E-state index in [1.165, 1.54) is 0 Å². The lowest BCUT2D eigenvalue weighted by molar-refractivity contribution is -0.119. The van der Waals surface area contributed by atoms with E-state index in [9.17, 15) is 14.5 Å². The van der Waals surface area contributed by atoms with Gasteiger partial charge in [-0.1, -0.05) is 30.0 Å². The lowest BCUT2D eigenvalue weighted by atomic mass is 9.97. The van der Waals surface area contributed by atoms with Crippen LogP contribution in [0.1, 0.15) is 46.0 Å². The number of rotatable bonds is 12. The molecule has 0 amide bonds. The van der Waals surface area contributed by atoms with Crippen LogP contribution in [-0.4, -0.2) is 47.9 Å². The number of aliphatic hydroxyl groups is 1. The van der Waals surface area contributed by atoms with Gasteiger partial charge in [0.1, 0.15) is 18.0 Å². The quantitative estimate of drug-likeness (QED) is 0.334. The van der Waals surface area contributed by atoms with E-state index in [0.29, 0.717) is 18.1 Å². The minimum atomic E-state index is -3.59. The van der Waals surface area contributed by atoms with Gasteiger partial charge in [0.2, 0.25) is 0 Å². The minimum absolute atomic E-state index is 0.0365. The van der Waals surface area contributed by atoms with Crippen molar-refractivity contribution < 1.29 is 28.3 Å². The molecule has 3 aliphatic rings. The molecule has 1 fully saturated rings. The second kappa shape index (κ2) is 10.2. The summed E-state index contributed by atoms with van der Waals surface area (Å²) in [5.41, 5.74) is 0.190. The zero-order chi connectivity index (χ0) is 21.7. The number of carbonyl (C=O) groups excluding carboxylic acids is 1. The average Bonchev–Trinajstić information content (AvgIpc) is 3.39. The van der Waals surface area contributed by atoms with E-state index in [1.807, 2.05) is 12.2 Å². The monoisotopic (exact) mass is 457 g/mol. The predicted octanol–water partition coefficient (Wildman–Crippen LogP) is 4.11. The fraction of sp³-hybridized carbons (Fsp3) is 0.667. The number of hydrogen-bond donors (Lipinski definition) is 2. The van der Waals surface area contributed by atoms with Crippen molar-refractivity contribution in [3.05, 3.63) is 35.6 Å². The molecular weight excluding hydrogens is 425 g/mol. The average molecular weight is 458 g/mol. The third-order valence-electron chi connectivity index (χ3n) is 5.31. The van der Waals surface area contributed by atoms with Gasteiger partial charge in [-0.3, -0.25) is 13.8 Å². The van der Waals surface area contributed by atoms with E-state index in [4.69, 9.17) is 13.8 Å². The van der Waals surface area contributed by atoms with Gasteiger partial charge in [-0.2, -0.15) is 0 Å². The van der Waals surface area contributed by atoms with E-state index in [1.54, 1.807) is 13.8 Å². The van der Waals surface area contributed by atoms with Gasteiger partial charge < -0.3 is 9.84 Å². The normalized spacial score (nSPS) is 21.7. The van der Waals surface area contributed by atoms with Gasteiger partial charge >= 0.3 is 7.75 Å². The largest absolute Gasteiger partial charge is 0.489 e. The number of ether oxygens (including phenoxy) is 1. The van der Waals surface area contributed by atoms with E-state index < -0.39 is 13.2 Å². The molecule has 1 spiro atoms. The van der Waals surface area contributed by atoms with Crippen molar-refractivity contribution >= 4 is 24.6 Å². The Balaban J connectivity index is 1.50. The molecule has 1 unspecified atom stereocenters. The standard InChI is InChI=1S/C21H32NO6PS/c1-20(2,16-23)19(24)30-13-12-26-29(25,22-14-17-6-4-3-5-7-17)27-15-18-8-9-21(28-18)10-11-21/h4,6-8,23H,3,5,9-16H2,1-2H3,(H,22,25). The third-order valence-corrected chi connectivity index (χ3v) is 8.03. The van der Waals surface area contributed by atoms with Crippen LogP contribution in [0.15, 0.2) is 35.6 Å². The van der Waals surface area contributed by atoms with Gasteiger partial charge in [0.05, 0.1) is 18.6 Å². The molecule has 2 N–H and O–H groups in total. The molecular formula is C21H32NO6PS. The summed E-state index contributed by atoms with van der Waals surface area (Å²) in [5.74, 6) is 1.02. The van der Waals surface area contributed by atoms with Crippen LogP contribution in [0.4, 0.5) is 0 Å². The predicted molar refractivity (Wildman–Crippen MR) is 118 cm³/mol. The zero-order valence-electron chi connectivity index (χ0n) is 17.7. The highest BCUT2D eigenvalue weighted by Gasteiger charge is 2.48. The van der Waals surface area contributed by atoms with E-state index in [0.717, 1.165) is 49.4 Å². The summed E-state index contributed by atoms with van der Waals surface area (Å²) in [6.07, 6.45) is 13.1. The first-order valence-electron chi connectivity index (χ1n) is 10.4. The van der Waals surface area contributed by atoms with Gasteiger partial charge in [0.15, 0.2) is 5.12 Å². The smallest absolute Gasteiger partial charge is 0.406 e. The van der Waals surface area contributed by atoms with Crippen molar-refractivity contribution in [3.8, 4) is 0 Å². The Bertz CT molecular complexity index is 771. The summed E-state index contributed by atoms with van der Waals surface area (Å²) >= 11 is 1.06. The molecule has 0 aromatic carbocycles. The summed E-state index contributed by atoms with van der Waals surface area (Å²) in [5, 5.41) is 12.1. The number of nitrogens with one attached hydrogen (secondary N) is 1. The Hall–Kier alpha value is -0.890. The molecule has 0 bridgehead atoms. The summed E-state index contributed by atoms with van der Waals surface area (Å²) < 4.78 is 30.4. The first kappa shape index (κ1) is 23.8. The number of aliphatic hydroxyl groups excluding tert-OH is 1. The topological polar surface area (TPSA) is 94.1 Å². The fourth-order valence-electron chi connectivity index (χ4n) is 3.01. The van der Waals surface area contributed by atoms with Gasteiger partial charge in [0, 0.05) is 18.7 Å². The maximum absolute atomic E-state index is 13.3. The van der Waals surface area contributed by atoms with Crippen molar-refractivity contribution in [3.63, 3.8) is 0 Å². The SMILES string of the molecule is CC(C)(CO)C(=O)SCCOP(=O)(NCC1=CCCC=C1)OCC1=CCC2(CC2)O1. The van der Waals surface area contributed by atoms with Crippen molar-refractivity contribution in [2.45, 2.75) is 51.6 Å². The third kappa shape index (κ3) is 6.81. The zero-order valence-corrected chi connectivity index (χ0v) is 19.4. The summed E-state index contributed by atoms with van der Waals surface area (Å²) in [4.78, 5) is 12.1. The molecule has 1 atom stereocenters. The Morgan fingerprint density at radius 3 is 2.77 bits per heavy atom. The van der Waals surface area contributed by atoms with Gasteiger partial charge in [-0.15, -0.1) is 0 Å². The molecule has 0 saturated heterocycles. The maximum atomic E-state index is 13.3. The Morgan fingerprint density at radius 1 is 1.33 bits per heavy atom. The maximum Gasteiger partial charge on any atom is 0.406 e.